The van der Waals surface area contributed by atoms with Crippen LogP contribution >= 0.6 is 0 Å². The molecule has 0 radical (unpaired) electrons. The molecule has 2 aliphatic rings. The minimum absolute atomic E-state index is 0.473. The Balaban J connectivity index is 1.83. The lowest BCUT2D eigenvalue weighted by atomic mass is 9.98. The molecule has 1 atom stereocenters. The largest absolute Gasteiger partial charge is 0.493 e. The van der Waals surface area contributed by atoms with Crippen molar-refractivity contribution in [3.8, 4) is 11.5 Å². The lowest BCUT2D eigenvalue weighted by Crippen LogP contribution is -2.39. The third-order valence-electron chi connectivity index (χ3n) is 4.53. The van der Waals surface area contributed by atoms with E-state index in [0.717, 1.165) is 43.7 Å². The Hall–Kier alpha value is -1.26. The highest BCUT2D eigenvalue weighted by Gasteiger charge is 2.31. The summed E-state index contributed by atoms with van der Waals surface area (Å²) in [6.07, 6.45) is 4.01. The highest BCUT2D eigenvalue weighted by atomic mass is 16.5. The van der Waals surface area contributed by atoms with Crippen LogP contribution in [-0.4, -0.2) is 45.4 Å². The maximum atomic E-state index is 5.50. The monoisotopic (exact) mass is 291 g/mol. The molecule has 0 amide bonds. The molecule has 0 unspecified atom stereocenters. The first kappa shape index (κ1) is 14.7. The molecule has 1 saturated heterocycles. The van der Waals surface area contributed by atoms with Crippen LogP contribution in [0.1, 0.15) is 30.9 Å². The van der Waals surface area contributed by atoms with E-state index < -0.39 is 0 Å². The molecule has 2 fully saturated rings. The molecule has 1 aromatic carbocycles. The van der Waals surface area contributed by atoms with Gasteiger partial charge in [0.2, 0.25) is 0 Å². The van der Waals surface area contributed by atoms with Crippen molar-refractivity contribution in [2.75, 3.05) is 40.5 Å². The summed E-state index contributed by atoms with van der Waals surface area (Å²) >= 11 is 0. The van der Waals surface area contributed by atoms with Gasteiger partial charge in [0.25, 0.3) is 0 Å². The van der Waals surface area contributed by atoms with Gasteiger partial charge >= 0.3 is 0 Å². The van der Waals surface area contributed by atoms with Crippen LogP contribution in [0.5, 0.6) is 11.5 Å². The molecular formula is C17H25NO3. The van der Waals surface area contributed by atoms with Crippen LogP contribution in [0, 0.1) is 5.92 Å². The highest BCUT2D eigenvalue weighted by Crippen LogP contribution is 2.41. The molecule has 1 aromatic rings. The maximum Gasteiger partial charge on any atom is 0.161 e. The van der Waals surface area contributed by atoms with Crippen LogP contribution in [-0.2, 0) is 4.74 Å². The lowest BCUT2D eigenvalue weighted by Gasteiger charge is -2.35. The van der Waals surface area contributed by atoms with Gasteiger partial charge in [0.05, 0.1) is 27.4 Å². The molecule has 1 heterocycles. The second-order valence-electron chi connectivity index (χ2n) is 5.96. The van der Waals surface area contributed by atoms with E-state index in [1.165, 1.54) is 24.8 Å². The fourth-order valence-electron chi connectivity index (χ4n) is 3.11. The molecule has 21 heavy (non-hydrogen) atoms. The summed E-state index contributed by atoms with van der Waals surface area (Å²) in [7, 11) is 3.38. The molecule has 0 bridgehead atoms. The smallest absolute Gasteiger partial charge is 0.161 e. The molecule has 116 valence electrons. The highest BCUT2D eigenvalue weighted by molar-refractivity contribution is 5.43. The van der Waals surface area contributed by atoms with E-state index in [4.69, 9.17) is 14.2 Å². The van der Waals surface area contributed by atoms with Crippen molar-refractivity contribution in [1.82, 2.24) is 4.90 Å². The van der Waals surface area contributed by atoms with Crippen LogP contribution in [0.2, 0.25) is 0 Å². The number of rotatable bonds is 6. The van der Waals surface area contributed by atoms with Gasteiger partial charge in [-0.3, -0.25) is 4.90 Å². The van der Waals surface area contributed by atoms with Crippen LogP contribution in [0.4, 0.5) is 0 Å². The average Bonchev–Trinajstić information content (AvgIpc) is 3.37. The fourth-order valence-corrected chi connectivity index (χ4v) is 3.11. The van der Waals surface area contributed by atoms with Crippen molar-refractivity contribution in [2.24, 2.45) is 5.92 Å². The maximum absolute atomic E-state index is 5.50. The van der Waals surface area contributed by atoms with Crippen molar-refractivity contribution in [2.45, 2.75) is 25.3 Å². The van der Waals surface area contributed by atoms with Gasteiger partial charge in [-0.1, -0.05) is 18.9 Å². The van der Waals surface area contributed by atoms with E-state index >= 15 is 0 Å². The van der Waals surface area contributed by atoms with Gasteiger partial charge in [-0.25, -0.2) is 0 Å². The Morgan fingerprint density at radius 2 is 1.86 bits per heavy atom. The Labute approximate surface area is 127 Å². The van der Waals surface area contributed by atoms with E-state index in [9.17, 15) is 0 Å². The number of morpholine rings is 1. The quantitative estimate of drug-likeness (QED) is 0.806. The molecule has 1 aliphatic heterocycles. The molecule has 1 aliphatic carbocycles. The summed E-state index contributed by atoms with van der Waals surface area (Å²) in [6.45, 7) is 3.72. The SMILES string of the molecule is COc1ccc([C@H](CC2CC2)N2CCOCC2)cc1OC. The van der Waals surface area contributed by atoms with Crippen molar-refractivity contribution >= 4 is 0 Å². The molecule has 0 aromatic heterocycles. The van der Waals surface area contributed by atoms with E-state index in [2.05, 4.69) is 17.0 Å². The molecule has 3 rings (SSSR count). The zero-order valence-electron chi connectivity index (χ0n) is 13.0. The van der Waals surface area contributed by atoms with Gasteiger partial charge in [0.15, 0.2) is 11.5 Å². The minimum atomic E-state index is 0.473. The Morgan fingerprint density at radius 3 is 2.48 bits per heavy atom. The zero-order chi connectivity index (χ0) is 14.7. The number of benzene rings is 1. The number of nitrogens with zero attached hydrogens (tertiary/aromatic N) is 1. The fraction of sp³-hybridized carbons (Fsp3) is 0.647. The van der Waals surface area contributed by atoms with Crippen molar-refractivity contribution in [1.29, 1.82) is 0 Å². The van der Waals surface area contributed by atoms with Gasteiger partial charge in [-0.05, 0) is 30.0 Å². The van der Waals surface area contributed by atoms with E-state index in [1.54, 1.807) is 14.2 Å². The van der Waals surface area contributed by atoms with Crippen LogP contribution in [0.3, 0.4) is 0 Å². The Kier molecular flexibility index (Phi) is 4.66. The third-order valence-corrected chi connectivity index (χ3v) is 4.53. The minimum Gasteiger partial charge on any atom is -0.493 e. The van der Waals surface area contributed by atoms with E-state index in [0.29, 0.717) is 6.04 Å². The van der Waals surface area contributed by atoms with E-state index in [-0.39, 0.29) is 0 Å². The molecular weight excluding hydrogens is 266 g/mol. The standard InChI is InChI=1S/C17H25NO3/c1-19-16-6-5-14(12-17(16)20-2)15(11-13-3-4-13)18-7-9-21-10-8-18/h5-6,12-13,15H,3-4,7-11H2,1-2H3/t15-/m0/s1. The van der Waals surface area contributed by atoms with Gasteiger partial charge in [0.1, 0.15) is 0 Å². The topological polar surface area (TPSA) is 30.9 Å². The summed E-state index contributed by atoms with van der Waals surface area (Å²) in [5.74, 6) is 2.52. The summed E-state index contributed by atoms with van der Waals surface area (Å²) in [6, 6.07) is 6.82. The van der Waals surface area contributed by atoms with Gasteiger partial charge in [-0.2, -0.15) is 0 Å². The van der Waals surface area contributed by atoms with Crippen LogP contribution in [0.25, 0.3) is 0 Å². The van der Waals surface area contributed by atoms with Crippen LogP contribution in [0.15, 0.2) is 18.2 Å². The predicted molar refractivity (Wildman–Crippen MR) is 82.0 cm³/mol. The molecule has 4 heteroatoms. The summed E-state index contributed by atoms with van der Waals surface area (Å²) < 4.78 is 16.3. The lowest BCUT2D eigenvalue weighted by molar-refractivity contribution is 0.0130. The summed E-state index contributed by atoms with van der Waals surface area (Å²) in [5.41, 5.74) is 1.33. The Morgan fingerprint density at radius 1 is 1.14 bits per heavy atom. The Bertz CT molecular complexity index is 467. The number of ether oxygens (including phenoxy) is 3. The first-order valence-electron chi connectivity index (χ1n) is 7.85. The third kappa shape index (κ3) is 3.50. The molecule has 4 nitrogen and oxygen atoms in total. The number of hydrogen-bond donors (Lipinski definition) is 0. The van der Waals surface area contributed by atoms with Gasteiger partial charge < -0.3 is 14.2 Å². The normalized spacial score (nSPS) is 21.0. The van der Waals surface area contributed by atoms with Crippen molar-refractivity contribution in [3.05, 3.63) is 23.8 Å². The molecule has 0 N–H and O–H groups in total. The number of hydrogen-bond acceptors (Lipinski definition) is 4. The zero-order valence-corrected chi connectivity index (χ0v) is 13.0. The summed E-state index contributed by atoms with van der Waals surface area (Å²) in [5, 5.41) is 0. The van der Waals surface area contributed by atoms with Gasteiger partial charge in [0, 0.05) is 19.1 Å². The van der Waals surface area contributed by atoms with Crippen molar-refractivity contribution in [3.63, 3.8) is 0 Å². The predicted octanol–water partition coefficient (Wildman–Crippen LogP) is 2.88. The summed E-state index contributed by atoms with van der Waals surface area (Å²) in [4.78, 5) is 2.56. The molecule has 0 spiro atoms. The second kappa shape index (κ2) is 6.67. The first-order valence-corrected chi connectivity index (χ1v) is 7.85. The van der Waals surface area contributed by atoms with Crippen LogP contribution < -0.4 is 9.47 Å². The average molecular weight is 291 g/mol. The van der Waals surface area contributed by atoms with E-state index in [1.807, 2.05) is 6.07 Å². The first-order chi connectivity index (χ1) is 10.3. The van der Waals surface area contributed by atoms with Gasteiger partial charge in [-0.15, -0.1) is 0 Å². The number of methoxy groups -OCH3 is 2. The second-order valence-corrected chi connectivity index (χ2v) is 5.96. The van der Waals surface area contributed by atoms with Crippen molar-refractivity contribution < 1.29 is 14.2 Å². The molecule has 1 saturated carbocycles.